The maximum atomic E-state index is 5.92. The van der Waals surface area contributed by atoms with Gasteiger partial charge in [-0.25, -0.2) is 4.98 Å². The minimum atomic E-state index is 0.0105. The zero-order valence-electron chi connectivity index (χ0n) is 14.4. The van der Waals surface area contributed by atoms with Crippen LogP contribution in [0.2, 0.25) is 5.02 Å². The fraction of sp³-hybridized carbons (Fsp3) is 0.136. The van der Waals surface area contributed by atoms with Crippen molar-refractivity contribution in [2.45, 2.75) is 13.0 Å². The number of nitrogens with zero attached hydrogens (tertiary/aromatic N) is 1. The van der Waals surface area contributed by atoms with Crippen molar-refractivity contribution in [2.24, 2.45) is 5.73 Å². The van der Waals surface area contributed by atoms with Gasteiger partial charge in [-0.3, -0.25) is 0 Å². The topological polar surface area (TPSA) is 48.1 Å². The van der Waals surface area contributed by atoms with Crippen LogP contribution in [-0.2, 0) is 0 Å². The number of hydrogen-bond acceptors (Lipinski definition) is 3. The summed E-state index contributed by atoms with van der Waals surface area (Å²) in [5.41, 5.74) is 9.41. The number of ether oxygens (including phenoxy) is 1. The second-order valence-corrected chi connectivity index (χ2v) is 6.44. The predicted octanol–water partition coefficient (Wildman–Crippen LogP) is 4.53. The van der Waals surface area contributed by atoms with E-state index >= 15 is 0 Å². The van der Waals surface area contributed by atoms with E-state index in [0.717, 1.165) is 33.2 Å². The number of pyridine rings is 1. The number of rotatable bonds is 4. The minimum Gasteiger partial charge on any atom is -0.492 e. The van der Waals surface area contributed by atoms with E-state index in [9.17, 15) is 0 Å². The number of benzene rings is 2. The van der Waals surface area contributed by atoms with E-state index in [4.69, 9.17) is 22.1 Å². The Bertz CT molecular complexity index is 906. The van der Waals surface area contributed by atoms with Crippen LogP contribution in [0.4, 0.5) is 0 Å². The lowest BCUT2D eigenvalue weighted by Gasteiger charge is -2.08. The third-order valence-corrected chi connectivity index (χ3v) is 3.90. The van der Waals surface area contributed by atoms with Crippen molar-refractivity contribution >= 4 is 11.6 Å². The zero-order valence-corrected chi connectivity index (χ0v) is 15.2. The van der Waals surface area contributed by atoms with Crippen LogP contribution in [0.1, 0.15) is 18.2 Å². The summed E-state index contributed by atoms with van der Waals surface area (Å²) in [6.07, 6.45) is 1.82. The largest absolute Gasteiger partial charge is 0.492 e. The van der Waals surface area contributed by atoms with E-state index in [-0.39, 0.29) is 6.04 Å². The van der Waals surface area contributed by atoms with E-state index in [1.54, 1.807) is 0 Å². The highest BCUT2D eigenvalue weighted by Gasteiger charge is 1.99. The highest BCUT2D eigenvalue weighted by atomic mass is 35.5. The first kappa shape index (κ1) is 18.0. The molecule has 0 radical (unpaired) electrons. The van der Waals surface area contributed by atoms with Crippen molar-refractivity contribution in [1.29, 1.82) is 0 Å². The summed E-state index contributed by atoms with van der Waals surface area (Å²) in [7, 11) is 0. The van der Waals surface area contributed by atoms with E-state index in [0.29, 0.717) is 6.61 Å². The molecule has 1 atom stereocenters. The van der Waals surface area contributed by atoms with Gasteiger partial charge < -0.3 is 10.5 Å². The van der Waals surface area contributed by atoms with Gasteiger partial charge in [0.05, 0.1) is 0 Å². The molecule has 3 rings (SSSR count). The van der Waals surface area contributed by atoms with Crippen LogP contribution >= 0.6 is 11.6 Å². The number of nitrogens with two attached hydrogens (primary N) is 1. The molecule has 0 aliphatic rings. The molecule has 0 unspecified atom stereocenters. The summed E-state index contributed by atoms with van der Waals surface area (Å²) in [5.74, 6) is 6.97. The van der Waals surface area contributed by atoms with E-state index in [1.807, 2.05) is 73.8 Å². The van der Waals surface area contributed by atoms with Gasteiger partial charge in [0.15, 0.2) is 0 Å². The lowest BCUT2D eigenvalue weighted by Crippen LogP contribution is -2.23. The molecule has 0 aliphatic heterocycles. The summed E-state index contributed by atoms with van der Waals surface area (Å²) >= 11 is 5.92. The maximum Gasteiger partial charge on any atom is 0.119 e. The maximum absolute atomic E-state index is 5.92. The third-order valence-electron chi connectivity index (χ3n) is 3.64. The average Bonchev–Trinajstić information content (AvgIpc) is 2.66. The first-order valence-corrected chi connectivity index (χ1v) is 8.70. The fourth-order valence-corrected chi connectivity index (χ4v) is 2.41. The van der Waals surface area contributed by atoms with Crippen molar-refractivity contribution in [1.82, 2.24) is 4.98 Å². The SMILES string of the molecule is C[C@@H](N)COc1ccc(C#Cc2ccc(-c3ccc(Cl)cc3)cn2)cc1. The Morgan fingerprint density at radius 3 is 2.27 bits per heavy atom. The zero-order chi connectivity index (χ0) is 18.4. The van der Waals surface area contributed by atoms with Gasteiger partial charge in [-0.05, 0) is 60.9 Å². The molecule has 2 aromatic carbocycles. The number of hydrogen-bond donors (Lipinski definition) is 1. The molecule has 0 fully saturated rings. The monoisotopic (exact) mass is 362 g/mol. The molecule has 3 aromatic rings. The first-order valence-electron chi connectivity index (χ1n) is 8.32. The highest BCUT2D eigenvalue weighted by Crippen LogP contribution is 2.20. The van der Waals surface area contributed by atoms with Gasteiger partial charge >= 0.3 is 0 Å². The second kappa shape index (κ2) is 8.53. The first-order chi connectivity index (χ1) is 12.6. The third kappa shape index (κ3) is 5.10. The van der Waals surface area contributed by atoms with E-state index < -0.39 is 0 Å². The van der Waals surface area contributed by atoms with Gasteiger partial charge in [-0.15, -0.1) is 0 Å². The Morgan fingerprint density at radius 2 is 1.65 bits per heavy atom. The van der Waals surface area contributed by atoms with Gasteiger partial charge in [0, 0.05) is 28.4 Å². The molecule has 0 saturated heterocycles. The van der Waals surface area contributed by atoms with Crippen LogP contribution in [-0.4, -0.2) is 17.6 Å². The molecule has 4 heteroatoms. The van der Waals surface area contributed by atoms with Crippen LogP contribution in [0.15, 0.2) is 66.9 Å². The molecule has 26 heavy (non-hydrogen) atoms. The molecule has 130 valence electrons. The molecule has 1 heterocycles. The van der Waals surface area contributed by atoms with Gasteiger partial charge in [-0.2, -0.15) is 0 Å². The fourth-order valence-electron chi connectivity index (χ4n) is 2.28. The summed E-state index contributed by atoms with van der Waals surface area (Å²) in [5, 5.41) is 0.721. The van der Waals surface area contributed by atoms with Crippen LogP contribution in [0.5, 0.6) is 5.75 Å². The molecule has 1 aromatic heterocycles. The quantitative estimate of drug-likeness (QED) is 0.694. The standard InChI is InChI=1S/C22H19ClN2O/c1-16(24)15-26-22-12-3-17(4-13-22)2-10-21-11-7-19(14-25-21)18-5-8-20(23)9-6-18/h3-9,11-14,16H,15,24H2,1H3/t16-/m1/s1. The Hall–Kier alpha value is -2.80. The van der Waals surface area contributed by atoms with Gasteiger partial charge in [-0.1, -0.05) is 35.7 Å². The molecule has 0 aliphatic carbocycles. The number of halogens is 1. The van der Waals surface area contributed by atoms with Crippen LogP contribution in [0.25, 0.3) is 11.1 Å². The predicted molar refractivity (Wildman–Crippen MR) is 106 cm³/mol. The molecule has 2 N–H and O–H groups in total. The van der Waals surface area contributed by atoms with Gasteiger partial charge in [0.2, 0.25) is 0 Å². The highest BCUT2D eigenvalue weighted by molar-refractivity contribution is 6.30. The van der Waals surface area contributed by atoms with Crippen molar-refractivity contribution in [3.05, 3.63) is 83.1 Å². The van der Waals surface area contributed by atoms with E-state index in [1.165, 1.54) is 0 Å². The molecule has 3 nitrogen and oxygen atoms in total. The minimum absolute atomic E-state index is 0.0105. The van der Waals surface area contributed by atoms with Gasteiger partial charge in [0.25, 0.3) is 0 Å². The van der Waals surface area contributed by atoms with Crippen LogP contribution < -0.4 is 10.5 Å². The molecular formula is C22H19ClN2O. The van der Waals surface area contributed by atoms with Crippen molar-refractivity contribution in [3.63, 3.8) is 0 Å². The van der Waals surface area contributed by atoms with Crippen molar-refractivity contribution < 1.29 is 4.74 Å². The molecule has 0 bridgehead atoms. The Balaban J connectivity index is 1.67. The average molecular weight is 363 g/mol. The summed E-state index contributed by atoms with van der Waals surface area (Å²) < 4.78 is 5.55. The molecular weight excluding hydrogens is 344 g/mol. The lowest BCUT2D eigenvalue weighted by atomic mass is 10.1. The number of aromatic nitrogens is 1. The Morgan fingerprint density at radius 1 is 0.962 bits per heavy atom. The summed E-state index contributed by atoms with van der Waals surface area (Å²) in [4.78, 5) is 4.41. The molecule has 0 saturated carbocycles. The normalized spacial score (nSPS) is 11.3. The van der Waals surface area contributed by atoms with Crippen molar-refractivity contribution in [2.75, 3.05) is 6.61 Å². The summed E-state index contributed by atoms with van der Waals surface area (Å²) in [6, 6.07) is 19.2. The lowest BCUT2D eigenvalue weighted by molar-refractivity contribution is 0.296. The Kier molecular flexibility index (Phi) is 5.91. The second-order valence-electron chi connectivity index (χ2n) is 6.00. The summed E-state index contributed by atoms with van der Waals surface area (Å²) in [6.45, 7) is 2.40. The van der Waals surface area contributed by atoms with Crippen LogP contribution in [0, 0.1) is 11.8 Å². The van der Waals surface area contributed by atoms with Crippen molar-refractivity contribution in [3.8, 4) is 28.7 Å². The smallest absolute Gasteiger partial charge is 0.119 e. The Labute approximate surface area is 158 Å². The van der Waals surface area contributed by atoms with Gasteiger partial charge in [0.1, 0.15) is 18.1 Å². The molecule has 0 spiro atoms. The van der Waals surface area contributed by atoms with E-state index in [2.05, 4.69) is 16.8 Å². The molecule has 0 amide bonds. The van der Waals surface area contributed by atoms with Crippen LogP contribution in [0.3, 0.4) is 0 Å².